The minimum absolute atomic E-state index is 0.125. The number of carbonyl (C=O) groups is 2. The van der Waals surface area contributed by atoms with Gasteiger partial charge in [0.15, 0.2) is 77.0 Å². The number of carboxylic acids is 2. The molecular formula is C81H82Cl4N8O30. The third-order valence-corrected chi connectivity index (χ3v) is 22.3. The molecular weight excluding hydrogens is 1710 g/mol. The average molecular weight is 1790 g/mol. The number of unbranched alkanes of at least 4 members (excludes halogenated alkanes) is 6. The summed E-state index contributed by atoms with van der Waals surface area (Å²) in [6.07, 6.45) is -18.7. The largest absolute Gasteiger partial charge is 0.508 e. The third-order valence-electron chi connectivity index (χ3n) is 21.0. The molecule has 7 aromatic rings. The van der Waals surface area contributed by atoms with Gasteiger partial charge in [0.1, 0.15) is 95.4 Å². The molecule has 42 heteroatoms. The number of aliphatic hydroxyl groups is 15. The van der Waals surface area contributed by atoms with Crippen molar-refractivity contribution in [1.29, 1.82) is 0 Å². The monoisotopic (exact) mass is 1790 g/mol. The zero-order chi connectivity index (χ0) is 88.6. The predicted octanol–water partition coefficient (Wildman–Crippen LogP) is 10.2. The maximum Gasteiger partial charge on any atom is 0.335 e. The molecule has 8 aliphatic heterocycles. The van der Waals surface area contributed by atoms with E-state index in [4.69, 9.17) is 79.6 Å². The Kier molecular flexibility index (Phi) is 27.2. The summed E-state index contributed by atoms with van der Waals surface area (Å²) in [4.78, 5) is 57.5. The van der Waals surface area contributed by atoms with Gasteiger partial charge in [-0.25, -0.2) is 44.5 Å². The minimum atomic E-state index is -2.58. The summed E-state index contributed by atoms with van der Waals surface area (Å²) in [5.41, 5.74) is -4.29. The Labute approximate surface area is 716 Å². The Morgan fingerprint density at radius 2 is 1.08 bits per heavy atom. The second kappa shape index (κ2) is 37.4. The number of rotatable bonds is 17. The molecule has 0 amide bonds. The van der Waals surface area contributed by atoms with Gasteiger partial charge in [-0.1, -0.05) is 110 Å². The summed E-state index contributed by atoms with van der Waals surface area (Å²) in [6, 6.07) is -0.857. The van der Waals surface area contributed by atoms with Gasteiger partial charge in [-0.05, 0) is 114 Å². The van der Waals surface area contributed by atoms with Crippen LogP contribution in [0.25, 0.3) is 11.1 Å². The summed E-state index contributed by atoms with van der Waals surface area (Å²) in [5, 5.41) is 250. The fourth-order valence-electron chi connectivity index (χ4n) is 14.7. The Balaban J connectivity index is 1.13. The standard InChI is InChI=1S/C81H82Cl4N8O30/c1-3-4-5-6-7-8-9-10-51(99)87-61-65(103)67(105)71(79(115)116)123-80(61)122-70-48-22-32-23-49(70)119-69-40(83)19-33(20-41(69)84)63(101)60-77(112)91-58(78(113)114)37-24-34(95)25-47(120-81-68(106)66(104)64(102)50(28-94)121-81)52(37)36-17-29(11-14-42(36)96)55(73(108)93-60)88-74(109)56(32)89-75(110)57-38-26-35(27-44(98)53(38)85)117-46-21-30(12-15-43(46)97)54(86-2)72(107)92-59(76(111)90-57)62(100)31-13-16-45(118-48)39(82)18-31/h11-27,50,54-68,71,80-81,86,94-98,100-106H,3-10,28H2,1-2H3,(H,87,99)(H,88,109)(H,89,110)(H,90,111)(H,91,112)(H,92,107)(H,93,108)(H,113,114)(H,115,116)/t50?,54-,55+,56+,57-,58-,59+,60-,61?,62+,63+,64?,65?,66?,67?,68?,71?,80?,81?/m0/s1. The molecule has 7 aromatic carbocycles. The van der Waals surface area contributed by atoms with Gasteiger partial charge in [0, 0.05) is 40.8 Å². The SMILES string of the molecule is CCCCCCCCCC(O)=NC1C(Oc2c3cc4cc2Oc2c(Cl)cc(cc2Cl)[C@@H](O)[C@@H]2N=C(O)[C@H](N=C(O)[C@@H]4N=C(O)[C@H]4N=C(O)[C@H](N=C(O)[C@@H](NC)c5ccc(O)c(c5)Oc5cc(O)c(Cl)c4c5)[C@H](O)c4ccc(c(Cl)c4)O3)c3ccc(O)c(c3)-c3c(OC4OC(CO)C(O)C(O)C4O)cc(O)cc3[C@@H](C(=O)O)N=C2O)OC(C(=O)O)C(O)C1O. The number of hydrogen-bond donors (Lipinski definition) is 22. The number of aliphatic carboxylic acids is 2. The summed E-state index contributed by atoms with van der Waals surface area (Å²) >= 11 is 28.6. The highest BCUT2D eigenvalue weighted by molar-refractivity contribution is 6.37. The second-order valence-corrected chi connectivity index (χ2v) is 31.0. The lowest BCUT2D eigenvalue weighted by molar-refractivity contribution is -0.277. The van der Waals surface area contributed by atoms with Gasteiger partial charge in [-0.15, -0.1) is 0 Å². The number of aliphatic hydroxyl groups excluding tert-OH is 15. The van der Waals surface area contributed by atoms with Crippen LogP contribution in [0.3, 0.4) is 0 Å². The first-order valence-corrected chi connectivity index (χ1v) is 39.6. The van der Waals surface area contributed by atoms with E-state index in [2.05, 4.69) is 47.2 Å². The topological polar surface area (TPSA) is 622 Å². The number of nitrogens with one attached hydrogen (secondary N) is 1. The number of phenolic OH excluding ortho intramolecular Hbond substituents is 4. The van der Waals surface area contributed by atoms with E-state index in [1.165, 1.54) is 25.2 Å². The van der Waals surface area contributed by atoms with Crippen molar-refractivity contribution in [3.63, 3.8) is 0 Å². The van der Waals surface area contributed by atoms with Gasteiger partial charge in [0.05, 0.1) is 26.7 Å². The van der Waals surface area contributed by atoms with Crippen molar-refractivity contribution in [3.05, 3.63) is 162 Å². The molecule has 22 N–H and O–H groups in total. The van der Waals surface area contributed by atoms with Crippen molar-refractivity contribution in [1.82, 2.24) is 5.32 Å². The van der Waals surface area contributed by atoms with Crippen LogP contribution >= 0.6 is 46.4 Å². The van der Waals surface area contributed by atoms with Gasteiger partial charge < -0.3 is 146 Å². The van der Waals surface area contributed by atoms with Crippen molar-refractivity contribution >= 4 is 99.6 Å². The van der Waals surface area contributed by atoms with Crippen LogP contribution in [-0.4, -0.2) is 248 Å². The molecule has 0 aliphatic carbocycles. The number of ether oxygens (including phenoxy) is 7. The number of likely N-dealkylation sites (N-methyl/N-ethyl adjacent to an activating group) is 1. The highest BCUT2D eigenvalue weighted by Crippen LogP contribution is 2.53. The molecule has 8 heterocycles. The van der Waals surface area contributed by atoms with Crippen LogP contribution in [0.1, 0.15) is 140 Å². The van der Waals surface area contributed by atoms with Crippen molar-refractivity contribution in [2.45, 2.75) is 174 Å². The summed E-state index contributed by atoms with van der Waals surface area (Å²) in [5.74, 6) is -20.7. The second-order valence-electron chi connectivity index (χ2n) is 29.4. The quantitative estimate of drug-likeness (QED) is 0.0229. The molecule has 38 nitrogen and oxygen atoms in total. The van der Waals surface area contributed by atoms with E-state index in [1.807, 2.05) is 0 Å². The molecule has 19 atom stereocenters. The number of aliphatic imine (C=N–C) groups is 7. The predicted molar refractivity (Wildman–Crippen MR) is 439 cm³/mol. The van der Waals surface area contributed by atoms with Gasteiger partial charge in [0.25, 0.3) is 0 Å². The molecule has 8 aliphatic rings. The van der Waals surface area contributed by atoms with E-state index in [1.54, 1.807) is 0 Å². The van der Waals surface area contributed by atoms with Gasteiger partial charge in [-0.2, -0.15) is 0 Å². The van der Waals surface area contributed by atoms with E-state index in [0.717, 1.165) is 117 Å². The maximum absolute atomic E-state index is 13.9. The molecule has 0 saturated carbocycles. The first kappa shape index (κ1) is 89.4. The number of aromatic hydroxyl groups is 4. The Morgan fingerprint density at radius 3 is 1.75 bits per heavy atom. The van der Waals surface area contributed by atoms with E-state index in [0.29, 0.717) is 12.8 Å². The molecule has 10 unspecified atom stereocenters. The molecule has 2 fully saturated rings. The normalized spacial score (nSPS) is 27.2. The minimum Gasteiger partial charge on any atom is -0.508 e. The lowest BCUT2D eigenvalue weighted by Gasteiger charge is -2.39. The number of hydrogen-bond acceptors (Lipinski definition) is 29. The van der Waals surface area contributed by atoms with Gasteiger partial charge in [0.2, 0.25) is 53.7 Å². The molecule has 654 valence electrons. The van der Waals surface area contributed by atoms with Gasteiger partial charge in [-0.3, -0.25) is 0 Å². The van der Waals surface area contributed by atoms with Crippen LogP contribution < -0.4 is 29.0 Å². The van der Waals surface area contributed by atoms with Crippen molar-refractivity contribution in [2.24, 2.45) is 34.9 Å². The van der Waals surface area contributed by atoms with Crippen LogP contribution in [0.4, 0.5) is 0 Å². The third kappa shape index (κ3) is 18.7. The lowest BCUT2D eigenvalue weighted by Crippen LogP contribution is -2.60. The smallest absolute Gasteiger partial charge is 0.335 e. The van der Waals surface area contributed by atoms with E-state index in [-0.39, 0.29) is 23.3 Å². The molecule has 123 heavy (non-hydrogen) atoms. The number of fused-ring (bicyclic) bond motifs is 12. The first-order valence-electron chi connectivity index (χ1n) is 38.1. The zero-order valence-corrected chi connectivity index (χ0v) is 67.4. The molecule has 17 bridgehead atoms. The van der Waals surface area contributed by atoms with Crippen LogP contribution in [0.5, 0.6) is 69.0 Å². The van der Waals surface area contributed by atoms with Crippen LogP contribution in [0.15, 0.2) is 138 Å². The van der Waals surface area contributed by atoms with Crippen LogP contribution in [0, 0.1) is 0 Å². The highest BCUT2D eigenvalue weighted by atomic mass is 35.5. The summed E-state index contributed by atoms with van der Waals surface area (Å²) < 4.78 is 43.9. The number of carboxylic acid groups (broad SMARTS) is 2. The van der Waals surface area contributed by atoms with Crippen molar-refractivity contribution in [3.8, 4) is 80.1 Å². The summed E-state index contributed by atoms with van der Waals surface area (Å²) in [7, 11) is 1.38. The zero-order valence-electron chi connectivity index (χ0n) is 64.4. The van der Waals surface area contributed by atoms with Crippen molar-refractivity contribution < 1.29 is 150 Å². The number of benzene rings is 7. The summed E-state index contributed by atoms with van der Waals surface area (Å²) in [6.45, 7) is 1.05. The van der Waals surface area contributed by atoms with E-state index < -0.39 is 298 Å². The Hall–Kier alpha value is -11.3. The number of halogens is 4. The molecule has 0 radical (unpaired) electrons. The van der Waals surface area contributed by atoms with Crippen LogP contribution in [0.2, 0.25) is 20.1 Å². The maximum atomic E-state index is 13.9. The number of phenols is 4. The lowest BCUT2D eigenvalue weighted by atomic mass is 9.90. The molecule has 0 spiro atoms. The molecule has 2 saturated heterocycles. The fraction of sp³-hybridized carbons (Fsp3) is 0.370. The Bertz CT molecular complexity index is 5420. The van der Waals surface area contributed by atoms with E-state index >= 15 is 0 Å². The van der Waals surface area contributed by atoms with Crippen LogP contribution in [-0.2, 0) is 19.1 Å². The number of nitrogens with zero attached hydrogens (tertiary/aromatic N) is 7. The Morgan fingerprint density at radius 1 is 0.488 bits per heavy atom. The van der Waals surface area contributed by atoms with E-state index in [9.17, 15) is 117 Å². The molecule has 0 aromatic heterocycles. The van der Waals surface area contributed by atoms with Crippen molar-refractivity contribution in [2.75, 3.05) is 13.7 Å². The highest BCUT2D eigenvalue weighted by Gasteiger charge is 2.51. The fourth-order valence-corrected chi connectivity index (χ4v) is 15.7. The average Bonchev–Trinajstić information content (AvgIpc) is 0.757. The van der Waals surface area contributed by atoms with Gasteiger partial charge >= 0.3 is 11.9 Å². The molecule has 15 rings (SSSR count). The first-order chi connectivity index (χ1) is 58.6.